The smallest absolute Gasteiger partial charge is 0.243 e. The molecule has 39 heavy (non-hydrogen) atoms. The van der Waals surface area contributed by atoms with Gasteiger partial charge in [-0.3, -0.25) is 4.79 Å². The van der Waals surface area contributed by atoms with E-state index in [1.807, 2.05) is 31.2 Å². The van der Waals surface area contributed by atoms with Gasteiger partial charge < -0.3 is 10.1 Å². The van der Waals surface area contributed by atoms with Crippen LogP contribution in [0.5, 0.6) is 0 Å². The highest BCUT2D eigenvalue weighted by molar-refractivity contribution is 7.89. The van der Waals surface area contributed by atoms with E-state index in [0.29, 0.717) is 36.9 Å². The van der Waals surface area contributed by atoms with E-state index in [1.54, 1.807) is 12.1 Å². The Morgan fingerprint density at radius 2 is 1.54 bits per heavy atom. The van der Waals surface area contributed by atoms with Crippen LogP contribution in [-0.2, 0) is 42.7 Å². The quantitative estimate of drug-likeness (QED) is 0.387. The minimum atomic E-state index is -4.01. The summed E-state index contributed by atoms with van der Waals surface area (Å²) in [6.45, 7) is 2.93. The number of sulfonamides is 2. The number of rotatable bonds is 10. The summed E-state index contributed by atoms with van der Waals surface area (Å²) >= 11 is 5.94. The molecule has 12 heteroatoms. The van der Waals surface area contributed by atoms with E-state index in [4.69, 9.17) is 16.3 Å². The Bertz CT molecular complexity index is 1510. The highest BCUT2D eigenvalue weighted by Gasteiger charge is 2.28. The van der Waals surface area contributed by atoms with Crippen LogP contribution in [0.25, 0.3) is 0 Å². The van der Waals surface area contributed by atoms with Gasteiger partial charge in [-0.2, -0.15) is 8.61 Å². The van der Waals surface area contributed by atoms with Crippen molar-refractivity contribution in [1.82, 2.24) is 13.9 Å². The van der Waals surface area contributed by atoms with Gasteiger partial charge in [0.15, 0.2) is 0 Å². The zero-order valence-electron chi connectivity index (χ0n) is 21.4. The van der Waals surface area contributed by atoms with Crippen molar-refractivity contribution < 1.29 is 26.4 Å². The maximum atomic E-state index is 13.5. The van der Waals surface area contributed by atoms with Crippen LogP contribution in [0.2, 0.25) is 5.02 Å². The molecule has 1 N–H and O–H groups in total. The summed E-state index contributed by atoms with van der Waals surface area (Å²) in [6, 6.07) is 19.4. The maximum Gasteiger partial charge on any atom is 0.243 e. The van der Waals surface area contributed by atoms with Crippen molar-refractivity contribution in [1.29, 1.82) is 0 Å². The highest BCUT2D eigenvalue weighted by Crippen LogP contribution is 2.22. The highest BCUT2D eigenvalue weighted by atomic mass is 35.5. The zero-order valence-corrected chi connectivity index (χ0v) is 23.8. The lowest BCUT2D eigenvalue weighted by Gasteiger charge is -2.26. The van der Waals surface area contributed by atoms with Crippen LogP contribution in [0.15, 0.2) is 82.6 Å². The molecule has 0 bridgehead atoms. The number of hydrogen-bond donors (Lipinski definition) is 1. The summed E-state index contributed by atoms with van der Waals surface area (Å²) in [5.74, 6) is -0.494. The van der Waals surface area contributed by atoms with E-state index in [-0.39, 0.29) is 22.9 Å². The number of benzene rings is 3. The van der Waals surface area contributed by atoms with Crippen LogP contribution < -0.4 is 5.32 Å². The molecule has 0 saturated carbocycles. The second-order valence-electron chi connectivity index (χ2n) is 9.09. The van der Waals surface area contributed by atoms with E-state index in [2.05, 4.69) is 5.32 Å². The minimum absolute atomic E-state index is 0.0130. The summed E-state index contributed by atoms with van der Waals surface area (Å²) in [6.07, 6.45) is 0. The number of nitrogens with one attached hydrogen (secondary N) is 1. The number of halogens is 1. The van der Waals surface area contributed by atoms with Gasteiger partial charge in [0.25, 0.3) is 0 Å². The lowest BCUT2D eigenvalue weighted by Crippen LogP contribution is -2.40. The fraction of sp³-hybridized carbons (Fsp3) is 0.296. The molecule has 3 aromatic carbocycles. The standard InChI is InChI=1S/C27H30ClN3O6S2/c1-21-4-2-3-5-23(21)19-31(39(35,36)26-12-8-24(28)9-13-26)20-27(32)29-18-22-6-10-25(11-7-22)38(33,34)30-14-16-37-17-15-30/h2-13H,14-20H2,1H3,(H,29,32). The van der Waals surface area contributed by atoms with Crippen molar-refractivity contribution >= 4 is 37.6 Å². The zero-order chi connectivity index (χ0) is 28.0. The van der Waals surface area contributed by atoms with Gasteiger partial charge in [0, 0.05) is 31.2 Å². The summed E-state index contributed by atoms with van der Waals surface area (Å²) in [7, 11) is -7.63. The number of amides is 1. The third-order valence-corrected chi connectivity index (χ3v) is 10.4. The van der Waals surface area contributed by atoms with Crippen molar-refractivity contribution in [2.45, 2.75) is 29.8 Å². The first kappa shape index (κ1) is 29.2. The van der Waals surface area contributed by atoms with Gasteiger partial charge in [-0.25, -0.2) is 16.8 Å². The van der Waals surface area contributed by atoms with E-state index in [1.165, 1.54) is 40.7 Å². The van der Waals surface area contributed by atoms with Gasteiger partial charge in [-0.1, -0.05) is 48.0 Å². The first-order valence-corrected chi connectivity index (χ1v) is 15.6. The predicted molar refractivity (Wildman–Crippen MR) is 148 cm³/mol. The Morgan fingerprint density at radius 1 is 0.923 bits per heavy atom. The topological polar surface area (TPSA) is 113 Å². The second kappa shape index (κ2) is 12.6. The van der Waals surface area contributed by atoms with E-state index in [9.17, 15) is 21.6 Å². The monoisotopic (exact) mass is 591 g/mol. The molecule has 0 unspecified atom stereocenters. The van der Waals surface area contributed by atoms with Gasteiger partial charge in [0.05, 0.1) is 29.5 Å². The molecule has 208 valence electrons. The summed E-state index contributed by atoms with van der Waals surface area (Å²) in [5, 5.41) is 3.15. The Labute approximate surface area is 234 Å². The van der Waals surface area contributed by atoms with Crippen LogP contribution in [0.4, 0.5) is 0 Å². The molecule has 1 fully saturated rings. The molecule has 1 saturated heterocycles. The van der Waals surface area contributed by atoms with Gasteiger partial charge in [0.1, 0.15) is 0 Å². The molecule has 0 radical (unpaired) electrons. The average molecular weight is 592 g/mol. The molecule has 0 aromatic heterocycles. The molecule has 0 spiro atoms. The minimum Gasteiger partial charge on any atom is -0.379 e. The average Bonchev–Trinajstić information content (AvgIpc) is 2.93. The molecule has 1 aliphatic heterocycles. The largest absolute Gasteiger partial charge is 0.379 e. The first-order chi connectivity index (χ1) is 18.6. The Kier molecular flexibility index (Phi) is 9.42. The SMILES string of the molecule is Cc1ccccc1CN(CC(=O)NCc1ccc(S(=O)(=O)N2CCOCC2)cc1)S(=O)(=O)c1ccc(Cl)cc1. The number of ether oxygens (including phenoxy) is 1. The maximum absolute atomic E-state index is 13.5. The van der Waals surface area contributed by atoms with Crippen LogP contribution in [0.3, 0.4) is 0 Å². The van der Waals surface area contributed by atoms with E-state index in [0.717, 1.165) is 15.4 Å². The van der Waals surface area contributed by atoms with Crippen molar-refractivity contribution in [3.63, 3.8) is 0 Å². The lowest BCUT2D eigenvalue weighted by molar-refractivity contribution is -0.121. The fourth-order valence-electron chi connectivity index (χ4n) is 4.09. The molecular weight excluding hydrogens is 562 g/mol. The Hall–Kier alpha value is -2.80. The molecule has 0 atom stereocenters. The molecule has 0 aliphatic carbocycles. The third kappa shape index (κ3) is 7.24. The van der Waals surface area contributed by atoms with Crippen LogP contribution in [0.1, 0.15) is 16.7 Å². The van der Waals surface area contributed by atoms with Crippen molar-refractivity contribution in [2.24, 2.45) is 0 Å². The van der Waals surface area contributed by atoms with Crippen molar-refractivity contribution in [2.75, 3.05) is 32.8 Å². The summed E-state index contributed by atoms with van der Waals surface area (Å²) in [4.78, 5) is 13.1. The van der Waals surface area contributed by atoms with Gasteiger partial charge in [0.2, 0.25) is 26.0 Å². The van der Waals surface area contributed by atoms with E-state index < -0.39 is 32.5 Å². The van der Waals surface area contributed by atoms with Crippen LogP contribution in [-0.4, -0.2) is 64.2 Å². The lowest BCUT2D eigenvalue weighted by atomic mass is 10.1. The van der Waals surface area contributed by atoms with Gasteiger partial charge in [-0.05, 0) is 60.0 Å². The molecule has 4 rings (SSSR count). The molecule has 9 nitrogen and oxygen atoms in total. The van der Waals surface area contributed by atoms with Crippen LogP contribution in [0, 0.1) is 6.92 Å². The summed E-state index contributed by atoms with van der Waals surface area (Å²) in [5.41, 5.74) is 2.36. The first-order valence-electron chi connectivity index (χ1n) is 12.3. The number of carbonyl (C=O) groups excluding carboxylic acids is 1. The number of carbonyl (C=O) groups is 1. The number of nitrogens with zero attached hydrogens (tertiary/aromatic N) is 2. The number of hydrogen-bond acceptors (Lipinski definition) is 6. The van der Waals surface area contributed by atoms with Crippen LogP contribution >= 0.6 is 11.6 Å². The normalized spacial score (nSPS) is 14.8. The van der Waals surface area contributed by atoms with Gasteiger partial charge >= 0.3 is 0 Å². The Morgan fingerprint density at radius 3 is 2.18 bits per heavy atom. The molecular formula is C27H30ClN3O6S2. The van der Waals surface area contributed by atoms with E-state index >= 15 is 0 Å². The molecule has 1 heterocycles. The molecule has 3 aromatic rings. The predicted octanol–water partition coefficient (Wildman–Crippen LogP) is 3.18. The molecule has 1 aliphatic rings. The summed E-state index contributed by atoms with van der Waals surface area (Å²) < 4.78 is 60.3. The number of morpholine rings is 1. The fourth-order valence-corrected chi connectivity index (χ4v) is 7.00. The van der Waals surface area contributed by atoms with Gasteiger partial charge in [-0.15, -0.1) is 0 Å². The van der Waals surface area contributed by atoms with Crippen molar-refractivity contribution in [3.8, 4) is 0 Å². The second-order valence-corrected chi connectivity index (χ2v) is 13.4. The van der Waals surface area contributed by atoms with Crippen molar-refractivity contribution in [3.05, 3.63) is 94.5 Å². The Balaban J connectivity index is 1.45. The molecule has 1 amide bonds. The number of aryl methyl sites for hydroxylation is 1. The third-order valence-electron chi connectivity index (χ3n) is 6.40.